The van der Waals surface area contributed by atoms with E-state index in [-0.39, 0.29) is 5.91 Å². The summed E-state index contributed by atoms with van der Waals surface area (Å²) in [5.74, 6) is 0.0978. The number of amides is 1. The molecule has 23 heavy (non-hydrogen) atoms. The Morgan fingerprint density at radius 2 is 1.91 bits per heavy atom. The normalized spacial score (nSPS) is 14.7. The molecule has 5 heteroatoms. The van der Waals surface area contributed by atoms with Gasteiger partial charge in [-0.3, -0.25) is 4.79 Å². The molecule has 4 nitrogen and oxygen atoms in total. The van der Waals surface area contributed by atoms with Gasteiger partial charge >= 0.3 is 0 Å². The smallest absolute Gasteiger partial charge is 0.242 e. The van der Waals surface area contributed by atoms with Crippen LogP contribution in [0.3, 0.4) is 0 Å². The summed E-state index contributed by atoms with van der Waals surface area (Å²) in [6, 6.07) is 17.3. The number of hydrogen-bond acceptors (Lipinski definition) is 3. The first-order valence-electron chi connectivity index (χ1n) is 7.43. The molecule has 0 aliphatic carbocycles. The number of nitriles is 1. The number of hydrogen-bond donors (Lipinski definition) is 0. The molecule has 0 unspecified atom stereocenters. The standard InChI is InChI=1S/C18H16ClN3O/c19-17-10-16(7-6-15(17)11-20)21-8-9-22(18(23)13-21)12-14-4-2-1-3-5-14/h1-7,10H,8-9,12-13H2. The van der Waals surface area contributed by atoms with Crippen LogP contribution < -0.4 is 4.90 Å². The second-order valence-electron chi connectivity index (χ2n) is 5.50. The number of halogens is 1. The molecule has 1 saturated heterocycles. The molecule has 0 bridgehead atoms. The monoisotopic (exact) mass is 325 g/mol. The Hall–Kier alpha value is -2.51. The molecule has 0 atom stereocenters. The zero-order valence-electron chi connectivity index (χ0n) is 12.6. The van der Waals surface area contributed by atoms with Gasteiger partial charge in [-0.2, -0.15) is 5.26 Å². The first-order valence-corrected chi connectivity index (χ1v) is 7.81. The van der Waals surface area contributed by atoms with Crippen LogP contribution in [0.5, 0.6) is 0 Å². The van der Waals surface area contributed by atoms with Crippen molar-refractivity contribution < 1.29 is 4.79 Å². The molecule has 1 aliphatic rings. The van der Waals surface area contributed by atoms with E-state index in [0.29, 0.717) is 30.2 Å². The summed E-state index contributed by atoms with van der Waals surface area (Å²) in [7, 11) is 0. The average Bonchev–Trinajstić information content (AvgIpc) is 2.57. The van der Waals surface area contributed by atoms with Crippen LogP contribution in [0.4, 0.5) is 5.69 Å². The van der Waals surface area contributed by atoms with Crippen molar-refractivity contribution in [2.24, 2.45) is 0 Å². The van der Waals surface area contributed by atoms with Crippen molar-refractivity contribution in [3.63, 3.8) is 0 Å². The van der Waals surface area contributed by atoms with Crippen LogP contribution in [-0.2, 0) is 11.3 Å². The number of carbonyl (C=O) groups excluding carboxylic acids is 1. The third-order valence-electron chi connectivity index (χ3n) is 3.97. The highest BCUT2D eigenvalue weighted by Gasteiger charge is 2.24. The van der Waals surface area contributed by atoms with E-state index in [1.54, 1.807) is 12.1 Å². The van der Waals surface area contributed by atoms with Gasteiger partial charge in [0.2, 0.25) is 5.91 Å². The van der Waals surface area contributed by atoms with Gasteiger partial charge in [-0.1, -0.05) is 41.9 Å². The van der Waals surface area contributed by atoms with Crippen molar-refractivity contribution in [3.05, 3.63) is 64.7 Å². The molecule has 116 valence electrons. The Morgan fingerprint density at radius 1 is 1.13 bits per heavy atom. The van der Waals surface area contributed by atoms with E-state index in [1.165, 1.54) is 0 Å². The van der Waals surface area contributed by atoms with Gasteiger partial charge in [0.05, 0.1) is 17.1 Å². The fraction of sp³-hybridized carbons (Fsp3) is 0.222. The largest absolute Gasteiger partial charge is 0.360 e. The third-order valence-corrected chi connectivity index (χ3v) is 4.29. The van der Waals surface area contributed by atoms with Crippen molar-refractivity contribution in [2.45, 2.75) is 6.54 Å². The Morgan fingerprint density at radius 3 is 2.57 bits per heavy atom. The van der Waals surface area contributed by atoms with E-state index in [2.05, 4.69) is 0 Å². The van der Waals surface area contributed by atoms with Crippen LogP contribution in [-0.4, -0.2) is 30.4 Å². The topological polar surface area (TPSA) is 47.3 Å². The van der Waals surface area contributed by atoms with E-state index >= 15 is 0 Å². The fourth-order valence-electron chi connectivity index (χ4n) is 2.69. The summed E-state index contributed by atoms with van der Waals surface area (Å²) in [5, 5.41) is 9.35. The number of carbonyl (C=O) groups is 1. The zero-order valence-corrected chi connectivity index (χ0v) is 13.3. The van der Waals surface area contributed by atoms with Crippen LogP contribution in [0.2, 0.25) is 5.02 Å². The molecule has 3 rings (SSSR count). The molecule has 0 saturated carbocycles. The maximum absolute atomic E-state index is 12.4. The first-order chi connectivity index (χ1) is 11.2. The lowest BCUT2D eigenvalue weighted by Gasteiger charge is -2.35. The minimum absolute atomic E-state index is 0.0978. The summed E-state index contributed by atoms with van der Waals surface area (Å²) in [6.07, 6.45) is 0. The summed E-state index contributed by atoms with van der Waals surface area (Å²) < 4.78 is 0. The number of anilines is 1. The van der Waals surface area contributed by atoms with E-state index in [1.807, 2.05) is 52.3 Å². The van der Waals surface area contributed by atoms with Gasteiger partial charge in [0, 0.05) is 25.3 Å². The van der Waals surface area contributed by atoms with Crippen molar-refractivity contribution in [2.75, 3.05) is 24.5 Å². The SMILES string of the molecule is N#Cc1ccc(N2CCN(Cc3ccccc3)C(=O)C2)cc1Cl. The fourth-order valence-corrected chi connectivity index (χ4v) is 2.91. The minimum Gasteiger partial charge on any atom is -0.360 e. The van der Waals surface area contributed by atoms with Crippen molar-refractivity contribution in [1.82, 2.24) is 4.90 Å². The second kappa shape index (κ2) is 6.72. The quantitative estimate of drug-likeness (QED) is 0.871. The van der Waals surface area contributed by atoms with E-state index in [4.69, 9.17) is 16.9 Å². The van der Waals surface area contributed by atoms with Gasteiger partial charge < -0.3 is 9.80 Å². The van der Waals surface area contributed by atoms with Gasteiger partial charge in [0.25, 0.3) is 0 Å². The Balaban J connectivity index is 1.68. The van der Waals surface area contributed by atoms with Gasteiger partial charge in [-0.25, -0.2) is 0 Å². The van der Waals surface area contributed by atoms with Crippen molar-refractivity contribution in [1.29, 1.82) is 5.26 Å². The molecular weight excluding hydrogens is 310 g/mol. The van der Waals surface area contributed by atoms with Crippen LogP contribution >= 0.6 is 11.6 Å². The Labute approximate surface area is 140 Å². The molecule has 0 aromatic heterocycles. The second-order valence-corrected chi connectivity index (χ2v) is 5.91. The van der Waals surface area contributed by atoms with Gasteiger partial charge in [0.15, 0.2) is 0 Å². The van der Waals surface area contributed by atoms with Crippen molar-refractivity contribution >= 4 is 23.2 Å². The van der Waals surface area contributed by atoms with Gasteiger partial charge in [-0.05, 0) is 23.8 Å². The lowest BCUT2D eigenvalue weighted by Crippen LogP contribution is -2.50. The molecule has 2 aromatic rings. The third kappa shape index (κ3) is 3.46. The maximum atomic E-state index is 12.4. The highest BCUT2D eigenvalue weighted by molar-refractivity contribution is 6.32. The van der Waals surface area contributed by atoms with Crippen LogP contribution in [0.25, 0.3) is 0 Å². The molecule has 1 amide bonds. The van der Waals surface area contributed by atoms with Crippen LogP contribution in [0, 0.1) is 11.3 Å². The summed E-state index contributed by atoms with van der Waals surface area (Å²) in [6.45, 7) is 2.39. The lowest BCUT2D eigenvalue weighted by atomic mass is 10.1. The molecule has 1 heterocycles. The number of rotatable bonds is 3. The van der Waals surface area contributed by atoms with E-state index in [0.717, 1.165) is 17.8 Å². The maximum Gasteiger partial charge on any atom is 0.242 e. The number of benzene rings is 2. The van der Waals surface area contributed by atoms with Gasteiger partial charge in [-0.15, -0.1) is 0 Å². The lowest BCUT2D eigenvalue weighted by molar-refractivity contribution is -0.131. The summed E-state index contributed by atoms with van der Waals surface area (Å²) in [4.78, 5) is 16.3. The Bertz CT molecular complexity index is 755. The molecule has 1 aliphatic heterocycles. The highest BCUT2D eigenvalue weighted by Crippen LogP contribution is 2.24. The summed E-state index contributed by atoms with van der Waals surface area (Å²) >= 11 is 6.08. The Kier molecular flexibility index (Phi) is 4.50. The van der Waals surface area contributed by atoms with E-state index in [9.17, 15) is 4.79 Å². The predicted octanol–water partition coefficient (Wildman–Crippen LogP) is 3.06. The minimum atomic E-state index is 0.0978. The molecule has 2 aromatic carbocycles. The number of nitrogens with zero attached hydrogens (tertiary/aromatic N) is 3. The van der Waals surface area contributed by atoms with Crippen molar-refractivity contribution in [3.8, 4) is 6.07 Å². The zero-order chi connectivity index (χ0) is 16.2. The summed E-state index contributed by atoms with van der Waals surface area (Å²) in [5.41, 5.74) is 2.46. The molecule has 1 fully saturated rings. The van der Waals surface area contributed by atoms with E-state index < -0.39 is 0 Å². The predicted molar refractivity (Wildman–Crippen MR) is 90.2 cm³/mol. The van der Waals surface area contributed by atoms with Crippen LogP contribution in [0.15, 0.2) is 48.5 Å². The molecule has 0 N–H and O–H groups in total. The first kappa shape index (κ1) is 15.4. The average molecular weight is 326 g/mol. The molecule has 0 radical (unpaired) electrons. The van der Waals surface area contributed by atoms with Gasteiger partial charge in [0.1, 0.15) is 6.07 Å². The number of piperazine rings is 1. The highest BCUT2D eigenvalue weighted by atomic mass is 35.5. The molecular formula is C18H16ClN3O. The molecule has 0 spiro atoms. The van der Waals surface area contributed by atoms with Crippen LogP contribution in [0.1, 0.15) is 11.1 Å².